The van der Waals surface area contributed by atoms with Gasteiger partial charge in [-0.15, -0.1) is 0 Å². The molecule has 2 aromatic rings. The fourth-order valence-corrected chi connectivity index (χ4v) is 3.42. The first-order valence-electron chi connectivity index (χ1n) is 7.53. The SMILES string of the molecule is COCCn1c(SCC(=O)N(C)C2CC2)nc2ccccc21. The molecule has 1 aromatic carbocycles. The lowest BCUT2D eigenvalue weighted by atomic mass is 10.3. The van der Waals surface area contributed by atoms with Crippen LogP contribution in [-0.2, 0) is 16.1 Å². The molecule has 0 bridgehead atoms. The Balaban J connectivity index is 1.75. The summed E-state index contributed by atoms with van der Waals surface area (Å²) in [4.78, 5) is 18.7. The fourth-order valence-electron chi connectivity index (χ4n) is 2.46. The van der Waals surface area contributed by atoms with Gasteiger partial charge in [-0.1, -0.05) is 23.9 Å². The van der Waals surface area contributed by atoms with E-state index in [1.807, 2.05) is 30.1 Å². The number of ether oxygens (including phenoxy) is 1. The number of para-hydroxylation sites is 2. The highest BCUT2D eigenvalue weighted by molar-refractivity contribution is 7.99. The first kappa shape index (κ1) is 15.4. The number of nitrogens with zero attached hydrogens (tertiary/aromatic N) is 3. The van der Waals surface area contributed by atoms with Crippen molar-refractivity contribution in [3.63, 3.8) is 0 Å². The Morgan fingerprint density at radius 1 is 1.45 bits per heavy atom. The Morgan fingerprint density at radius 2 is 2.23 bits per heavy atom. The number of methoxy groups -OCH3 is 1. The van der Waals surface area contributed by atoms with Gasteiger partial charge in [0.15, 0.2) is 5.16 Å². The zero-order valence-corrected chi connectivity index (χ0v) is 13.8. The average Bonchev–Trinajstić information content (AvgIpc) is 3.32. The van der Waals surface area contributed by atoms with E-state index in [9.17, 15) is 4.79 Å². The molecule has 1 aromatic heterocycles. The molecule has 118 valence electrons. The first-order valence-corrected chi connectivity index (χ1v) is 8.52. The van der Waals surface area contributed by atoms with Crippen molar-refractivity contribution in [3.8, 4) is 0 Å². The van der Waals surface area contributed by atoms with Crippen LogP contribution in [0.25, 0.3) is 11.0 Å². The van der Waals surface area contributed by atoms with Gasteiger partial charge in [0.05, 0.1) is 23.4 Å². The Bertz CT molecular complexity index is 666. The van der Waals surface area contributed by atoms with Gasteiger partial charge in [0.1, 0.15) is 0 Å². The molecule has 0 spiro atoms. The molecule has 3 rings (SSSR count). The molecular weight excluding hydrogens is 298 g/mol. The fraction of sp³-hybridized carbons (Fsp3) is 0.500. The standard InChI is InChI=1S/C16H21N3O2S/c1-18(12-7-8-12)15(20)11-22-16-17-13-5-3-4-6-14(13)19(16)9-10-21-2/h3-6,12H,7-11H2,1-2H3. The van der Waals surface area contributed by atoms with E-state index in [4.69, 9.17) is 4.74 Å². The van der Waals surface area contributed by atoms with Gasteiger partial charge < -0.3 is 14.2 Å². The lowest BCUT2D eigenvalue weighted by Gasteiger charge is -2.15. The van der Waals surface area contributed by atoms with Crippen LogP contribution in [0.5, 0.6) is 0 Å². The third-order valence-electron chi connectivity index (χ3n) is 3.95. The monoisotopic (exact) mass is 319 g/mol. The summed E-state index contributed by atoms with van der Waals surface area (Å²) in [5, 5.41) is 0.885. The quantitative estimate of drug-likeness (QED) is 0.735. The Kier molecular flexibility index (Phi) is 4.69. The van der Waals surface area contributed by atoms with Crippen molar-refractivity contribution in [2.45, 2.75) is 30.6 Å². The summed E-state index contributed by atoms with van der Waals surface area (Å²) < 4.78 is 7.32. The van der Waals surface area contributed by atoms with Crippen LogP contribution < -0.4 is 0 Å². The van der Waals surface area contributed by atoms with Crippen molar-refractivity contribution in [2.24, 2.45) is 0 Å². The van der Waals surface area contributed by atoms with E-state index in [1.165, 1.54) is 11.8 Å². The van der Waals surface area contributed by atoms with E-state index in [1.54, 1.807) is 7.11 Å². The summed E-state index contributed by atoms with van der Waals surface area (Å²) in [5.74, 6) is 0.612. The first-order chi connectivity index (χ1) is 10.7. The van der Waals surface area contributed by atoms with E-state index in [-0.39, 0.29) is 5.91 Å². The predicted molar refractivity (Wildman–Crippen MR) is 88.1 cm³/mol. The number of aromatic nitrogens is 2. The van der Waals surface area contributed by atoms with Crippen molar-refractivity contribution in [3.05, 3.63) is 24.3 Å². The van der Waals surface area contributed by atoms with Crippen LogP contribution in [0.2, 0.25) is 0 Å². The van der Waals surface area contributed by atoms with Crippen molar-refractivity contribution in [2.75, 3.05) is 26.5 Å². The highest BCUT2D eigenvalue weighted by Crippen LogP contribution is 2.28. The van der Waals surface area contributed by atoms with Gasteiger partial charge >= 0.3 is 0 Å². The lowest BCUT2D eigenvalue weighted by molar-refractivity contribution is -0.127. The largest absolute Gasteiger partial charge is 0.383 e. The molecule has 1 aliphatic carbocycles. The van der Waals surface area contributed by atoms with Crippen LogP contribution in [0.4, 0.5) is 0 Å². The predicted octanol–water partition coefficient (Wildman–Crippen LogP) is 2.40. The average molecular weight is 319 g/mol. The van der Waals surface area contributed by atoms with Crippen LogP contribution in [0.3, 0.4) is 0 Å². The van der Waals surface area contributed by atoms with Crippen LogP contribution in [-0.4, -0.2) is 52.9 Å². The summed E-state index contributed by atoms with van der Waals surface area (Å²) in [6.45, 7) is 1.37. The summed E-state index contributed by atoms with van der Waals surface area (Å²) in [6.07, 6.45) is 2.28. The van der Waals surface area contributed by atoms with Gasteiger partial charge in [-0.2, -0.15) is 0 Å². The summed E-state index contributed by atoms with van der Waals surface area (Å²) in [6, 6.07) is 8.51. The third kappa shape index (κ3) is 3.28. The van der Waals surface area contributed by atoms with Crippen LogP contribution >= 0.6 is 11.8 Å². The van der Waals surface area contributed by atoms with Crippen molar-refractivity contribution < 1.29 is 9.53 Å². The van der Waals surface area contributed by atoms with Crippen molar-refractivity contribution in [1.82, 2.24) is 14.5 Å². The molecule has 1 fully saturated rings. The van der Waals surface area contributed by atoms with E-state index in [0.717, 1.165) is 35.6 Å². The molecule has 0 aliphatic heterocycles. The molecule has 5 nitrogen and oxygen atoms in total. The molecule has 0 radical (unpaired) electrons. The van der Waals surface area contributed by atoms with Crippen LogP contribution in [0, 0.1) is 0 Å². The van der Waals surface area contributed by atoms with Gasteiger partial charge in [-0.05, 0) is 25.0 Å². The summed E-state index contributed by atoms with van der Waals surface area (Å²) in [5.41, 5.74) is 2.05. The Hall–Kier alpha value is -1.53. The number of carbonyl (C=O) groups is 1. The van der Waals surface area contributed by atoms with Gasteiger partial charge in [0.2, 0.25) is 5.91 Å². The zero-order chi connectivity index (χ0) is 15.5. The van der Waals surface area contributed by atoms with Crippen LogP contribution in [0.1, 0.15) is 12.8 Å². The van der Waals surface area contributed by atoms with Crippen LogP contribution in [0.15, 0.2) is 29.4 Å². The number of amides is 1. The number of fused-ring (bicyclic) bond motifs is 1. The number of imidazole rings is 1. The number of hydrogen-bond donors (Lipinski definition) is 0. The molecule has 1 aliphatic rings. The molecule has 1 saturated carbocycles. The number of benzene rings is 1. The second-order valence-electron chi connectivity index (χ2n) is 5.55. The maximum atomic E-state index is 12.2. The van der Waals surface area contributed by atoms with E-state index >= 15 is 0 Å². The maximum Gasteiger partial charge on any atom is 0.233 e. The van der Waals surface area contributed by atoms with Gasteiger partial charge in [-0.3, -0.25) is 4.79 Å². The number of hydrogen-bond acceptors (Lipinski definition) is 4. The topological polar surface area (TPSA) is 47.4 Å². The smallest absolute Gasteiger partial charge is 0.233 e. The lowest BCUT2D eigenvalue weighted by Crippen LogP contribution is -2.30. The van der Waals surface area contributed by atoms with Gasteiger partial charge in [-0.25, -0.2) is 4.98 Å². The number of rotatable bonds is 7. The highest BCUT2D eigenvalue weighted by Gasteiger charge is 2.29. The second kappa shape index (κ2) is 6.71. The van der Waals surface area contributed by atoms with E-state index in [0.29, 0.717) is 18.4 Å². The van der Waals surface area contributed by atoms with E-state index in [2.05, 4.69) is 15.6 Å². The van der Waals surface area contributed by atoms with Gasteiger partial charge in [0.25, 0.3) is 0 Å². The normalized spacial score (nSPS) is 14.5. The molecule has 0 atom stereocenters. The highest BCUT2D eigenvalue weighted by atomic mass is 32.2. The maximum absolute atomic E-state index is 12.2. The molecule has 6 heteroatoms. The molecule has 1 heterocycles. The molecule has 1 amide bonds. The minimum Gasteiger partial charge on any atom is -0.383 e. The molecule has 0 unspecified atom stereocenters. The Labute approximate surface area is 134 Å². The summed E-state index contributed by atoms with van der Waals surface area (Å²) in [7, 11) is 3.59. The second-order valence-corrected chi connectivity index (χ2v) is 6.49. The molecule has 22 heavy (non-hydrogen) atoms. The summed E-state index contributed by atoms with van der Waals surface area (Å²) >= 11 is 1.51. The minimum absolute atomic E-state index is 0.179. The third-order valence-corrected chi connectivity index (χ3v) is 4.91. The zero-order valence-electron chi connectivity index (χ0n) is 13.0. The van der Waals surface area contributed by atoms with Crippen molar-refractivity contribution in [1.29, 1.82) is 0 Å². The van der Waals surface area contributed by atoms with Gasteiger partial charge in [0, 0.05) is 26.7 Å². The minimum atomic E-state index is 0.179. The van der Waals surface area contributed by atoms with Crippen molar-refractivity contribution >= 4 is 28.7 Å². The molecule has 0 N–H and O–H groups in total. The Morgan fingerprint density at radius 3 is 2.95 bits per heavy atom. The molecular formula is C16H21N3O2S. The number of carbonyl (C=O) groups excluding carboxylic acids is 1. The van der Waals surface area contributed by atoms with E-state index < -0.39 is 0 Å². The molecule has 0 saturated heterocycles. The number of thioether (sulfide) groups is 1.